The second kappa shape index (κ2) is 7.06. The molecule has 130 valence electrons. The number of aromatic nitrogens is 3. The van der Waals surface area contributed by atoms with Crippen LogP contribution in [0.1, 0.15) is 34.6 Å². The summed E-state index contributed by atoms with van der Waals surface area (Å²) >= 11 is 1.43. The summed E-state index contributed by atoms with van der Waals surface area (Å²) in [5.74, 6) is 0.551. The molecular weight excluding hydrogens is 336 g/mol. The number of aryl methyl sites for hydroxylation is 2. The van der Waals surface area contributed by atoms with Crippen LogP contribution in [-0.4, -0.2) is 27.8 Å². The van der Waals surface area contributed by atoms with Crippen molar-refractivity contribution in [3.8, 4) is 16.3 Å². The third kappa shape index (κ3) is 3.71. The van der Waals surface area contributed by atoms with Crippen molar-refractivity contribution in [3.05, 3.63) is 52.8 Å². The standard InChI is InChI=1S/C18H20N4O2S/c1-11-5-6-16(24-4)14(7-11)12(2)20-17(23)15-10-25-18(21-15)13-8-19-22(3)9-13/h5-10,12H,1-4H3,(H,20,23)/t12-/m0/s1. The van der Waals surface area contributed by atoms with E-state index in [0.717, 1.165) is 27.4 Å². The van der Waals surface area contributed by atoms with Crippen LogP contribution in [0.2, 0.25) is 0 Å². The van der Waals surface area contributed by atoms with Crippen LogP contribution in [0.5, 0.6) is 5.75 Å². The Morgan fingerprint density at radius 1 is 1.40 bits per heavy atom. The van der Waals surface area contributed by atoms with Gasteiger partial charge in [-0.2, -0.15) is 5.10 Å². The highest BCUT2D eigenvalue weighted by Gasteiger charge is 2.18. The predicted octanol–water partition coefficient (Wildman–Crippen LogP) is 3.35. The number of carbonyl (C=O) groups is 1. The van der Waals surface area contributed by atoms with Gasteiger partial charge < -0.3 is 10.1 Å². The van der Waals surface area contributed by atoms with Gasteiger partial charge in [0, 0.05) is 29.8 Å². The topological polar surface area (TPSA) is 69.0 Å². The summed E-state index contributed by atoms with van der Waals surface area (Å²) in [7, 11) is 3.48. The first-order valence-electron chi connectivity index (χ1n) is 7.88. The van der Waals surface area contributed by atoms with Gasteiger partial charge in [0.25, 0.3) is 5.91 Å². The van der Waals surface area contributed by atoms with E-state index in [0.29, 0.717) is 5.69 Å². The number of nitrogens with one attached hydrogen (secondary N) is 1. The maximum Gasteiger partial charge on any atom is 0.271 e. The zero-order valence-electron chi connectivity index (χ0n) is 14.6. The lowest BCUT2D eigenvalue weighted by Crippen LogP contribution is -2.27. The van der Waals surface area contributed by atoms with Crippen molar-refractivity contribution >= 4 is 17.2 Å². The minimum absolute atomic E-state index is 0.189. The molecule has 0 spiro atoms. The van der Waals surface area contributed by atoms with Crippen molar-refractivity contribution in [2.45, 2.75) is 19.9 Å². The minimum Gasteiger partial charge on any atom is -0.496 e. The second-order valence-corrected chi connectivity index (χ2v) is 6.74. The molecule has 3 rings (SSSR count). The van der Waals surface area contributed by atoms with Gasteiger partial charge in [0.05, 0.1) is 19.3 Å². The van der Waals surface area contributed by atoms with E-state index in [-0.39, 0.29) is 11.9 Å². The van der Waals surface area contributed by atoms with Gasteiger partial charge in [-0.05, 0) is 19.9 Å². The maximum atomic E-state index is 12.5. The first kappa shape index (κ1) is 17.2. The summed E-state index contributed by atoms with van der Waals surface area (Å²) < 4.78 is 7.11. The van der Waals surface area contributed by atoms with Gasteiger partial charge in [-0.1, -0.05) is 17.7 Å². The molecule has 7 heteroatoms. The lowest BCUT2D eigenvalue weighted by molar-refractivity contribution is 0.0935. The molecule has 1 amide bonds. The van der Waals surface area contributed by atoms with Crippen molar-refractivity contribution in [2.24, 2.45) is 7.05 Å². The second-order valence-electron chi connectivity index (χ2n) is 5.88. The molecule has 3 aromatic rings. The van der Waals surface area contributed by atoms with E-state index in [2.05, 4.69) is 15.4 Å². The van der Waals surface area contributed by atoms with Gasteiger partial charge >= 0.3 is 0 Å². The maximum absolute atomic E-state index is 12.5. The number of hydrogen-bond donors (Lipinski definition) is 1. The van der Waals surface area contributed by atoms with Crippen molar-refractivity contribution in [2.75, 3.05) is 7.11 Å². The zero-order chi connectivity index (χ0) is 18.0. The molecule has 0 saturated heterocycles. The summed E-state index contributed by atoms with van der Waals surface area (Å²) in [5, 5.41) is 9.66. The van der Waals surface area contributed by atoms with E-state index in [1.54, 1.807) is 23.4 Å². The molecule has 1 aromatic carbocycles. The number of benzene rings is 1. The highest BCUT2D eigenvalue weighted by Crippen LogP contribution is 2.27. The molecule has 0 aliphatic carbocycles. The van der Waals surface area contributed by atoms with E-state index in [9.17, 15) is 4.79 Å². The Kier molecular flexibility index (Phi) is 4.85. The fraction of sp³-hybridized carbons (Fsp3) is 0.278. The Morgan fingerprint density at radius 2 is 2.20 bits per heavy atom. The number of amides is 1. The van der Waals surface area contributed by atoms with Crippen LogP contribution in [0.25, 0.3) is 10.6 Å². The molecule has 6 nitrogen and oxygen atoms in total. The Labute approximate surface area is 150 Å². The molecule has 0 unspecified atom stereocenters. The van der Waals surface area contributed by atoms with Crippen molar-refractivity contribution < 1.29 is 9.53 Å². The summed E-state index contributed by atoms with van der Waals surface area (Å²) in [4.78, 5) is 17.0. The van der Waals surface area contributed by atoms with Crippen LogP contribution >= 0.6 is 11.3 Å². The van der Waals surface area contributed by atoms with Crippen LogP contribution in [0, 0.1) is 6.92 Å². The van der Waals surface area contributed by atoms with Crippen LogP contribution in [0.3, 0.4) is 0 Å². The number of nitrogens with zero attached hydrogens (tertiary/aromatic N) is 3. The fourth-order valence-corrected chi connectivity index (χ4v) is 3.36. The number of methoxy groups -OCH3 is 1. The molecule has 2 aromatic heterocycles. The van der Waals surface area contributed by atoms with E-state index >= 15 is 0 Å². The zero-order valence-corrected chi connectivity index (χ0v) is 15.4. The molecule has 0 radical (unpaired) electrons. The van der Waals surface area contributed by atoms with Gasteiger partial charge in [0.2, 0.25) is 0 Å². The van der Waals surface area contributed by atoms with Crippen LogP contribution < -0.4 is 10.1 Å². The molecule has 1 atom stereocenters. The number of carbonyl (C=O) groups excluding carboxylic acids is 1. The van der Waals surface area contributed by atoms with Crippen LogP contribution in [0.15, 0.2) is 36.0 Å². The predicted molar refractivity (Wildman–Crippen MR) is 97.9 cm³/mol. The molecule has 0 aliphatic heterocycles. The fourth-order valence-electron chi connectivity index (χ4n) is 2.58. The molecule has 0 fully saturated rings. The summed E-state index contributed by atoms with van der Waals surface area (Å²) in [6.45, 7) is 3.95. The Bertz CT molecular complexity index is 900. The Balaban J connectivity index is 1.76. The summed E-state index contributed by atoms with van der Waals surface area (Å²) in [6.07, 6.45) is 3.61. The molecular formula is C18H20N4O2S. The van der Waals surface area contributed by atoms with Gasteiger partial charge in [-0.15, -0.1) is 11.3 Å². The first-order chi connectivity index (χ1) is 12.0. The number of hydrogen-bond acceptors (Lipinski definition) is 5. The number of thiazole rings is 1. The lowest BCUT2D eigenvalue weighted by Gasteiger charge is -2.17. The van der Waals surface area contributed by atoms with Gasteiger partial charge in [-0.3, -0.25) is 9.48 Å². The SMILES string of the molecule is COc1ccc(C)cc1[C@H](C)NC(=O)c1csc(-c2cnn(C)c2)n1. The van der Waals surface area contributed by atoms with E-state index in [1.807, 2.05) is 45.3 Å². The monoisotopic (exact) mass is 356 g/mol. The largest absolute Gasteiger partial charge is 0.496 e. The Morgan fingerprint density at radius 3 is 2.88 bits per heavy atom. The third-order valence-corrected chi connectivity index (χ3v) is 4.78. The minimum atomic E-state index is -0.206. The average Bonchev–Trinajstić information content (AvgIpc) is 3.23. The molecule has 2 heterocycles. The molecule has 0 bridgehead atoms. The van der Waals surface area contributed by atoms with Crippen molar-refractivity contribution in [3.63, 3.8) is 0 Å². The van der Waals surface area contributed by atoms with Crippen LogP contribution in [0.4, 0.5) is 0 Å². The highest BCUT2D eigenvalue weighted by molar-refractivity contribution is 7.13. The molecule has 1 N–H and O–H groups in total. The molecule has 0 saturated carbocycles. The first-order valence-corrected chi connectivity index (χ1v) is 8.76. The number of rotatable bonds is 5. The third-order valence-electron chi connectivity index (χ3n) is 3.89. The van der Waals surface area contributed by atoms with Gasteiger partial charge in [-0.25, -0.2) is 4.98 Å². The molecule has 0 aliphatic rings. The van der Waals surface area contributed by atoms with Crippen molar-refractivity contribution in [1.82, 2.24) is 20.1 Å². The van der Waals surface area contributed by atoms with E-state index in [1.165, 1.54) is 11.3 Å². The summed E-state index contributed by atoms with van der Waals surface area (Å²) in [5.41, 5.74) is 3.37. The van der Waals surface area contributed by atoms with E-state index in [4.69, 9.17) is 4.74 Å². The van der Waals surface area contributed by atoms with Crippen LogP contribution in [-0.2, 0) is 7.05 Å². The lowest BCUT2D eigenvalue weighted by atomic mass is 10.0. The Hall–Kier alpha value is -2.67. The number of ether oxygens (including phenoxy) is 1. The average molecular weight is 356 g/mol. The van der Waals surface area contributed by atoms with Gasteiger partial charge in [0.15, 0.2) is 0 Å². The van der Waals surface area contributed by atoms with E-state index < -0.39 is 0 Å². The normalized spacial score (nSPS) is 12.0. The van der Waals surface area contributed by atoms with Crippen molar-refractivity contribution in [1.29, 1.82) is 0 Å². The smallest absolute Gasteiger partial charge is 0.271 e. The summed E-state index contributed by atoms with van der Waals surface area (Å²) in [6, 6.07) is 5.73. The molecule has 25 heavy (non-hydrogen) atoms. The quantitative estimate of drug-likeness (QED) is 0.761. The van der Waals surface area contributed by atoms with Gasteiger partial charge in [0.1, 0.15) is 16.5 Å². The highest BCUT2D eigenvalue weighted by atomic mass is 32.1.